The number of hydrogen-bond acceptors (Lipinski definition) is 5. The van der Waals surface area contributed by atoms with Crippen molar-refractivity contribution in [1.29, 1.82) is 10.7 Å². The van der Waals surface area contributed by atoms with E-state index in [-0.39, 0.29) is 15.8 Å². The van der Waals surface area contributed by atoms with Crippen molar-refractivity contribution in [3.05, 3.63) is 70.7 Å². The lowest BCUT2D eigenvalue weighted by Gasteiger charge is -2.17. The van der Waals surface area contributed by atoms with Crippen molar-refractivity contribution in [2.45, 2.75) is 0 Å². The number of carbonyl (C=O) groups is 1. The zero-order valence-electron chi connectivity index (χ0n) is 14.6. The smallest absolute Gasteiger partial charge is 0.308 e. The van der Waals surface area contributed by atoms with Gasteiger partial charge in [0.2, 0.25) is 5.96 Å². The summed E-state index contributed by atoms with van der Waals surface area (Å²) in [6.07, 6.45) is 2.60. The number of benzene rings is 2. The summed E-state index contributed by atoms with van der Waals surface area (Å²) in [4.78, 5) is 12.1. The van der Waals surface area contributed by atoms with Crippen molar-refractivity contribution in [2.24, 2.45) is 0 Å². The van der Waals surface area contributed by atoms with Crippen LogP contribution in [-0.4, -0.2) is 27.0 Å². The molecule has 0 unspecified atom stereocenters. The molecule has 146 valence electrons. The van der Waals surface area contributed by atoms with Gasteiger partial charge in [0.15, 0.2) is 0 Å². The van der Waals surface area contributed by atoms with Crippen molar-refractivity contribution < 1.29 is 14.4 Å². The number of hydroxylamine groups is 1. The molecule has 2 amide bonds. The second-order valence-electron chi connectivity index (χ2n) is 5.68. The molecule has 0 aliphatic heterocycles. The number of anilines is 3. The van der Waals surface area contributed by atoms with Gasteiger partial charge in [-0.1, -0.05) is 6.07 Å². The SMILES string of the molecule is N#Cc1cccc(NC(=O)Nc2cnn(C(=N)N(O)c3ccc(F)c(Br)c3)c2)c1. The molecule has 0 bridgehead atoms. The lowest BCUT2D eigenvalue weighted by molar-refractivity contribution is 0.262. The number of nitrogens with zero attached hydrogens (tertiary/aromatic N) is 4. The van der Waals surface area contributed by atoms with Crippen LogP contribution < -0.4 is 15.7 Å². The van der Waals surface area contributed by atoms with Gasteiger partial charge in [0.1, 0.15) is 5.82 Å². The molecule has 0 saturated carbocycles. The van der Waals surface area contributed by atoms with Gasteiger partial charge in [-0.05, 0) is 52.3 Å². The Morgan fingerprint density at radius 1 is 1.28 bits per heavy atom. The number of amides is 2. The maximum absolute atomic E-state index is 13.3. The number of halogens is 2. The molecule has 11 heteroatoms. The zero-order valence-corrected chi connectivity index (χ0v) is 16.2. The van der Waals surface area contributed by atoms with Crippen molar-refractivity contribution in [1.82, 2.24) is 9.78 Å². The molecule has 0 spiro atoms. The Balaban J connectivity index is 1.66. The van der Waals surface area contributed by atoms with Crippen LogP contribution in [0.3, 0.4) is 0 Å². The molecule has 0 aliphatic carbocycles. The summed E-state index contributed by atoms with van der Waals surface area (Å²) >= 11 is 3.01. The lowest BCUT2D eigenvalue weighted by Crippen LogP contribution is -2.32. The first-order chi connectivity index (χ1) is 13.9. The highest BCUT2D eigenvalue weighted by atomic mass is 79.9. The van der Waals surface area contributed by atoms with E-state index in [9.17, 15) is 14.4 Å². The molecule has 29 heavy (non-hydrogen) atoms. The van der Waals surface area contributed by atoms with Crippen LogP contribution in [0.4, 0.5) is 26.2 Å². The van der Waals surface area contributed by atoms with Crippen molar-refractivity contribution >= 4 is 45.0 Å². The molecule has 0 aliphatic rings. The monoisotopic (exact) mass is 457 g/mol. The van der Waals surface area contributed by atoms with Crippen LogP contribution in [0, 0.1) is 22.6 Å². The summed E-state index contributed by atoms with van der Waals surface area (Å²) in [5, 5.41) is 36.6. The molecule has 0 fully saturated rings. The zero-order chi connectivity index (χ0) is 21.0. The summed E-state index contributed by atoms with van der Waals surface area (Å²) < 4.78 is 14.5. The van der Waals surface area contributed by atoms with Crippen LogP contribution in [0.25, 0.3) is 0 Å². The number of aromatic nitrogens is 2. The Kier molecular flexibility index (Phi) is 5.87. The third-order valence-electron chi connectivity index (χ3n) is 3.66. The third kappa shape index (κ3) is 4.75. The van der Waals surface area contributed by atoms with Gasteiger partial charge in [-0.15, -0.1) is 0 Å². The predicted octanol–water partition coefficient (Wildman–Crippen LogP) is 3.98. The summed E-state index contributed by atoms with van der Waals surface area (Å²) in [5.41, 5.74) is 1.24. The highest BCUT2D eigenvalue weighted by molar-refractivity contribution is 9.10. The van der Waals surface area contributed by atoms with Crippen molar-refractivity contribution in [2.75, 3.05) is 15.7 Å². The lowest BCUT2D eigenvalue weighted by atomic mass is 10.2. The van der Waals surface area contributed by atoms with Gasteiger partial charge in [0.05, 0.1) is 39.9 Å². The molecular formula is C18H13BrFN7O2. The van der Waals surface area contributed by atoms with E-state index in [1.165, 1.54) is 30.6 Å². The Bertz CT molecular complexity index is 1130. The minimum atomic E-state index is -0.575. The molecule has 1 heterocycles. The number of nitriles is 1. The predicted molar refractivity (Wildman–Crippen MR) is 108 cm³/mol. The summed E-state index contributed by atoms with van der Waals surface area (Å²) in [6, 6.07) is 11.5. The Morgan fingerprint density at radius 3 is 2.76 bits per heavy atom. The van der Waals surface area contributed by atoms with E-state index >= 15 is 0 Å². The number of hydrogen-bond donors (Lipinski definition) is 4. The normalized spacial score (nSPS) is 10.1. The van der Waals surface area contributed by atoms with Crippen LogP contribution >= 0.6 is 15.9 Å². The number of urea groups is 1. The van der Waals surface area contributed by atoms with Crippen LogP contribution in [0.2, 0.25) is 0 Å². The van der Waals surface area contributed by atoms with E-state index in [1.54, 1.807) is 18.2 Å². The van der Waals surface area contributed by atoms with Gasteiger partial charge in [-0.25, -0.2) is 13.9 Å². The average molecular weight is 458 g/mol. The fourth-order valence-corrected chi connectivity index (χ4v) is 2.67. The third-order valence-corrected chi connectivity index (χ3v) is 4.26. The molecule has 1 aromatic heterocycles. The van der Waals surface area contributed by atoms with E-state index in [0.29, 0.717) is 16.3 Å². The van der Waals surface area contributed by atoms with Gasteiger partial charge in [0, 0.05) is 5.69 Å². The van der Waals surface area contributed by atoms with Crippen molar-refractivity contribution in [3.8, 4) is 6.07 Å². The standard InChI is InChI=1S/C18H13BrFN7O2/c19-15-7-14(4-5-16(15)20)27(29)17(22)26-10-13(9-23-26)25-18(28)24-12-3-1-2-11(6-12)8-21/h1-7,9-10,22,29H,(H2,24,25,28). The Hall–Kier alpha value is -3.75. The summed E-state index contributed by atoms with van der Waals surface area (Å²) in [7, 11) is 0. The maximum Gasteiger partial charge on any atom is 0.323 e. The number of rotatable bonds is 3. The van der Waals surface area contributed by atoms with Crippen LogP contribution in [0.15, 0.2) is 59.3 Å². The summed E-state index contributed by atoms with van der Waals surface area (Å²) in [5.74, 6) is -0.954. The second kappa shape index (κ2) is 8.51. The number of nitrogens with one attached hydrogen (secondary N) is 3. The Morgan fingerprint density at radius 2 is 2.03 bits per heavy atom. The van der Waals surface area contributed by atoms with Crippen LogP contribution in [0.1, 0.15) is 5.56 Å². The first-order valence-electron chi connectivity index (χ1n) is 8.03. The average Bonchev–Trinajstić information content (AvgIpc) is 3.17. The highest BCUT2D eigenvalue weighted by Gasteiger charge is 2.15. The fourth-order valence-electron chi connectivity index (χ4n) is 2.30. The van der Waals surface area contributed by atoms with Gasteiger partial charge < -0.3 is 10.6 Å². The molecule has 2 aromatic carbocycles. The number of carbonyl (C=O) groups excluding carboxylic acids is 1. The highest BCUT2D eigenvalue weighted by Crippen LogP contribution is 2.22. The van der Waals surface area contributed by atoms with Crippen molar-refractivity contribution in [3.63, 3.8) is 0 Å². The second-order valence-corrected chi connectivity index (χ2v) is 6.53. The first-order valence-corrected chi connectivity index (χ1v) is 8.82. The molecule has 3 aromatic rings. The van der Waals surface area contributed by atoms with E-state index in [0.717, 1.165) is 10.7 Å². The minimum Gasteiger partial charge on any atom is -0.308 e. The van der Waals surface area contributed by atoms with Gasteiger partial charge in [-0.2, -0.15) is 15.4 Å². The Labute approximate surface area is 172 Å². The van der Waals surface area contributed by atoms with Gasteiger partial charge >= 0.3 is 6.03 Å². The van der Waals surface area contributed by atoms with E-state index < -0.39 is 17.8 Å². The fraction of sp³-hybridized carbons (Fsp3) is 0. The molecule has 3 rings (SSSR count). The van der Waals surface area contributed by atoms with E-state index in [2.05, 4.69) is 31.7 Å². The minimum absolute atomic E-state index is 0.127. The van der Waals surface area contributed by atoms with E-state index in [1.807, 2.05) is 6.07 Å². The molecule has 0 atom stereocenters. The molecule has 4 N–H and O–H groups in total. The maximum atomic E-state index is 13.3. The van der Waals surface area contributed by atoms with Gasteiger partial charge in [-0.3, -0.25) is 10.6 Å². The molecular weight excluding hydrogens is 445 g/mol. The first kappa shape index (κ1) is 20.0. The molecule has 0 radical (unpaired) electrons. The largest absolute Gasteiger partial charge is 0.323 e. The molecule has 0 saturated heterocycles. The molecule has 9 nitrogen and oxygen atoms in total. The van der Waals surface area contributed by atoms with Crippen LogP contribution in [-0.2, 0) is 0 Å². The van der Waals surface area contributed by atoms with Crippen LogP contribution in [0.5, 0.6) is 0 Å². The van der Waals surface area contributed by atoms with E-state index in [4.69, 9.17) is 10.7 Å². The topological polar surface area (TPSA) is 130 Å². The quantitative estimate of drug-likeness (QED) is 0.268. The van der Waals surface area contributed by atoms with Gasteiger partial charge in [0.25, 0.3) is 0 Å². The summed E-state index contributed by atoms with van der Waals surface area (Å²) in [6.45, 7) is 0.